The van der Waals surface area contributed by atoms with E-state index in [9.17, 15) is 0 Å². The summed E-state index contributed by atoms with van der Waals surface area (Å²) >= 11 is 0. The molecule has 0 amide bonds. The highest BCUT2D eigenvalue weighted by molar-refractivity contribution is 5.79. The van der Waals surface area contributed by atoms with Gasteiger partial charge in [-0.25, -0.2) is 4.98 Å². The lowest BCUT2D eigenvalue weighted by Gasteiger charge is -2.05. The van der Waals surface area contributed by atoms with Crippen molar-refractivity contribution >= 4 is 16.7 Å². The highest BCUT2D eigenvalue weighted by atomic mass is 16.3. The molecule has 0 aliphatic heterocycles. The van der Waals surface area contributed by atoms with Crippen molar-refractivity contribution in [1.29, 1.82) is 0 Å². The molecule has 2 aromatic rings. The number of aliphatic hydroxyl groups excluding tert-OH is 1. The predicted molar refractivity (Wildman–Crippen MR) is 61.9 cm³/mol. The van der Waals surface area contributed by atoms with Crippen LogP contribution in [-0.2, 0) is 0 Å². The van der Waals surface area contributed by atoms with E-state index in [2.05, 4.69) is 10.3 Å². The first kappa shape index (κ1) is 9.93. The van der Waals surface area contributed by atoms with Gasteiger partial charge in [0.15, 0.2) is 0 Å². The van der Waals surface area contributed by atoms with E-state index in [-0.39, 0.29) is 6.61 Å². The van der Waals surface area contributed by atoms with Crippen LogP contribution >= 0.6 is 0 Å². The van der Waals surface area contributed by atoms with Gasteiger partial charge >= 0.3 is 0 Å². The van der Waals surface area contributed by atoms with Crippen molar-refractivity contribution in [3.63, 3.8) is 0 Å². The molecule has 2 N–H and O–H groups in total. The Hall–Kier alpha value is -1.61. The first-order valence-electron chi connectivity index (χ1n) is 5.11. The smallest absolute Gasteiger partial charge is 0.126 e. The van der Waals surface area contributed by atoms with E-state index >= 15 is 0 Å². The lowest BCUT2D eigenvalue weighted by molar-refractivity contribution is 0.292. The number of anilines is 1. The van der Waals surface area contributed by atoms with Crippen molar-refractivity contribution < 1.29 is 5.11 Å². The summed E-state index contributed by atoms with van der Waals surface area (Å²) in [5.41, 5.74) is 0.992. The van der Waals surface area contributed by atoms with Gasteiger partial charge in [0.1, 0.15) is 5.82 Å². The number of para-hydroxylation sites is 1. The zero-order valence-electron chi connectivity index (χ0n) is 8.48. The fourth-order valence-corrected chi connectivity index (χ4v) is 1.46. The molecule has 78 valence electrons. The summed E-state index contributed by atoms with van der Waals surface area (Å²) in [5.74, 6) is 0.863. The number of aromatic nitrogens is 1. The van der Waals surface area contributed by atoms with Gasteiger partial charge in [-0.3, -0.25) is 0 Å². The molecular weight excluding hydrogens is 188 g/mol. The monoisotopic (exact) mass is 202 g/mol. The van der Waals surface area contributed by atoms with E-state index in [0.29, 0.717) is 0 Å². The number of benzene rings is 1. The van der Waals surface area contributed by atoms with E-state index < -0.39 is 0 Å². The van der Waals surface area contributed by atoms with Gasteiger partial charge < -0.3 is 10.4 Å². The maximum Gasteiger partial charge on any atom is 0.126 e. The lowest BCUT2D eigenvalue weighted by atomic mass is 10.2. The topological polar surface area (TPSA) is 45.1 Å². The molecule has 0 radical (unpaired) electrons. The number of pyridine rings is 1. The number of hydrogen-bond donors (Lipinski definition) is 2. The lowest BCUT2D eigenvalue weighted by Crippen LogP contribution is -2.04. The molecule has 0 atom stereocenters. The summed E-state index contributed by atoms with van der Waals surface area (Å²) in [6.07, 6.45) is 0.745. The van der Waals surface area contributed by atoms with Crippen molar-refractivity contribution in [3.05, 3.63) is 36.4 Å². The second kappa shape index (κ2) is 4.75. The Morgan fingerprint density at radius 1 is 1.13 bits per heavy atom. The minimum absolute atomic E-state index is 0.209. The number of aliphatic hydroxyl groups is 1. The summed E-state index contributed by atoms with van der Waals surface area (Å²) < 4.78 is 0. The molecule has 0 unspecified atom stereocenters. The van der Waals surface area contributed by atoms with Crippen molar-refractivity contribution in [2.75, 3.05) is 18.5 Å². The highest BCUT2D eigenvalue weighted by Gasteiger charge is 1.96. The molecule has 0 spiro atoms. The standard InChI is InChI=1S/C12H14N2O/c15-9-3-8-13-12-7-6-10-4-1-2-5-11(10)14-12/h1-2,4-7,15H,3,8-9H2,(H,13,14). The molecule has 0 aliphatic rings. The molecule has 3 nitrogen and oxygen atoms in total. The quantitative estimate of drug-likeness (QED) is 0.746. The maximum atomic E-state index is 8.66. The molecular formula is C12H14N2O. The fraction of sp³-hybridized carbons (Fsp3) is 0.250. The molecule has 0 fully saturated rings. The average Bonchev–Trinajstić information content (AvgIpc) is 2.29. The van der Waals surface area contributed by atoms with Crippen LogP contribution in [0.3, 0.4) is 0 Å². The molecule has 15 heavy (non-hydrogen) atoms. The van der Waals surface area contributed by atoms with Crippen molar-refractivity contribution in [3.8, 4) is 0 Å². The molecule has 2 rings (SSSR count). The van der Waals surface area contributed by atoms with E-state index in [0.717, 1.165) is 29.7 Å². The Balaban J connectivity index is 2.16. The van der Waals surface area contributed by atoms with Gasteiger partial charge in [0.25, 0.3) is 0 Å². The highest BCUT2D eigenvalue weighted by Crippen LogP contribution is 2.14. The Morgan fingerprint density at radius 3 is 2.87 bits per heavy atom. The van der Waals surface area contributed by atoms with Gasteiger partial charge in [-0.05, 0) is 24.6 Å². The summed E-state index contributed by atoms with van der Waals surface area (Å²) in [6, 6.07) is 12.0. The van der Waals surface area contributed by atoms with Crippen LogP contribution in [0.1, 0.15) is 6.42 Å². The summed E-state index contributed by atoms with van der Waals surface area (Å²) in [7, 11) is 0. The van der Waals surface area contributed by atoms with Crippen LogP contribution in [0, 0.1) is 0 Å². The predicted octanol–water partition coefficient (Wildman–Crippen LogP) is 2.03. The number of nitrogens with one attached hydrogen (secondary N) is 1. The normalized spacial score (nSPS) is 10.5. The molecule has 0 bridgehead atoms. The Bertz CT molecular complexity index is 442. The summed E-state index contributed by atoms with van der Waals surface area (Å²) in [4.78, 5) is 4.45. The van der Waals surface area contributed by atoms with Crippen molar-refractivity contribution in [2.24, 2.45) is 0 Å². The second-order valence-corrected chi connectivity index (χ2v) is 3.39. The molecule has 1 aromatic carbocycles. The third-order valence-corrected chi connectivity index (χ3v) is 2.24. The number of rotatable bonds is 4. The van der Waals surface area contributed by atoms with Gasteiger partial charge in [-0.2, -0.15) is 0 Å². The van der Waals surface area contributed by atoms with Gasteiger partial charge in [0, 0.05) is 18.5 Å². The molecule has 0 aliphatic carbocycles. The fourth-order valence-electron chi connectivity index (χ4n) is 1.46. The van der Waals surface area contributed by atoms with Crippen LogP contribution in [0.4, 0.5) is 5.82 Å². The summed E-state index contributed by atoms with van der Waals surface area (Å²) in [5, 5.41) is 13.0. The third-order valence-electron chi connectivity index (χ3n) is 2.24. The molecule has 3 heteroatoms. The van der Waals surface area contributed by atoms with E-state index in [1.165, 1.54) is 0 Å². The van der Waals surface area contributed by atoms with Gasteiger partial charge in [-0.15, -0.1) is 0 Å². The SMILES string of the molecule is OCCCNc1ccc2ccccc2n1. The van der Waals surface area contributed by atoms with E-state index in [4.69, 9.17) is 5.11 Å². The van der Waals surface area contributed by atoms with E-state index in [1.807, 2.05) is 36.4 Å². The van der Waals surface area contributed by atoms with Crippen molar-refractivity contribution in [1.82, 2.24) is 4.98 Å². The van der Waals surface area contributed by atoms with Gasteiger partial charge in [0.05, 0.1) is 5.52 Å². The maximum absolute atomic E-state index is 8.66. The van der Waals surface area contributed by atoms with Crippen LogP contribution < -0.4 is 5.32 Å². The van der Waals surface area contributed by atoms with E-state index in [1.54, 1.807) is 0 Å². The van der Waals surface area contributed by atoms with Gasteiger partial charge in [-0.1, -0.05) is 18.2 Å². The first-order chi connectivity index (χ1) is 7.40. The number of nitrogens with zero attached hydrogens (tertiary/aromatic N) is 1. The largest absolute Gasteiger partial charge is 0.396 e. The Labute approximate surface area is 88.8 Å². The van der Waals surface area contributed by atoms with Crippen LogP contribution in [0.2, 0.25) is 0 Å². The van der Waals surface area contributed by atoms with Crippen LogP contribution in [0.15, 0.2) is 36.4 Å². The Morgan fingerprint density at radius 2 is 2.00 bits per heavy atom. The first-order valence-corrected chi connectivity index (χ1v) is 5.11. The zero-order chi connectivity index (χ0) is 10.5. The molecule has 0 saturated heterocycles. The second-order valence-electron chi connectivity index (χ2n) is 3.39. The zero-order valence-corrected chi connectivity index (χ0v) is 8.48. The molecule has 0 saturated carbocycles. The Kier molecular flexibility index (Phi) is 3.15. The minimum atomic E-state index is 0.209. The van der Waals surface area contributed by atoms with Gasteiger partial charge in [0.2, 0.25) is 0 Å². The molecule has 1 aromatic heterocycles. The van der Waals surface area contributed by atoms with Crippen LogP contribution in [0.5, 0.6) is 0 Å². The van der Waals surface area contributed by atoms with Crippen LogP contribution in [0.25, 0.3) is 10.9 Å². The average molecular weight is 202 g/mol. The third kappa shape index (κ3) is 2.44. The number of fused-ring (bicyclic) bond motifs is 1. The summed E-state index contributed by atoms with van der Waals surface area (Å²) in [6.45, 7) is 0.961. The minimum Gasteiger partial charge on any atom is -0.396 e. The van der Waals surface area contributed by atoms with Crippen molar-refractivity contribution in [2.45, 2.75) is 6.42 Å². The number of hydrogen-bond acceptors (Lipinski definition) is 3. The molecule has 1 heterocycles. The van der Waals surface area contributed by atoms with Crippen LogP contribution in [-0.4, -0.2) is 23.2 Å².